The lowest BCUT2D eigenvalue weighted by molar-refractivity contribution is -0.686. The van der Waals surface area contributed by atoms with Gasteiger partial charge < -0.3 is 10.1 Å². The van der Waals surface area contributed by atoms with Crippen LogP contribution in [0.4, 0.5) is 0 Å². The van der Waals surface area contributed by atoms with Gasteiger partial charge in [-0.3, -0.25) is 0 Å². The van der Waals surface area contributed by atoms with Crippen LogP contribution in [0.15, 0.2) is 66.7 Å². The Morgan fingerprint density at radius 3 is 2.43 bits per heavy atom. The van der Waals surface area contributed by atoms with E-state index in [1.165, 1.54) is 21.9 Å². The molecule has 0 aliphatic carbocycles. The number of hydrogen-bond acceptors (Lipinski definition) is 1. The van der Waals surface area contributed by atoms with Crippen LogP contribution in [0.5, 0.6) is 5.75 Å². The fraction of sp³-hybridized carbons (Fsp3) is 0.158. The van der Waals surface area contributed by atoms with E-state index in [4.69, 9.17) is 4.74 Å². The highest BCUT2D eigenvalue weighted by molar-refractivity contribution is 5.82. The monoisotopic (exact) mass is 278 g/mol. The Balaban J connectivity index is 1.66. The number of hydrogen-bond donors (Lipinski definition) is 1. The van der Waals surface area contributed by atoms with Crippen LogP contribution in [0.25, 0.3) is 10.8 Å². The zero-order chi connectivity index (χ0) is 14.5. The van der Waals surface area contributed by atoms with Gasteiger partial charge >= 0.3 is 0 Å². The van der Waals surface area contributed by atoms with Crippen LogP contribution in [-0.4, -0.2) is 7.11 Å². The molecule has 0 radical (unpaired) electrons. The van der Waals surface area contributed by atoms with Crippen LogP contribution in [-0.2, 0) is 13.1 Å². The fourth-order valence-electron chi connectivity index (χ4n) is 2.63. The third kappa shape index (κ3) is 3.23. The summed E-state index contributed by atoms with van der Waals surface area (Å²) in [4.78, 5) is 0. The molecular weight excluding hydrogens is 258 g/mol. The van der Waals surface area contributed by atoms with Crippen molar-refractivity contribution in [3.63, 3.8) is 0 Å². The predicted octanol–water partition coefficient (Wildman–Crippen LogP) is 3.11. The molecule has 0 atom stereocenters. The third-order valence-corrected chi connectivity index (χ3v) is 3.75. The van der Waals surface area contributed by atoms with Crippen molar-refractivity contribution >= 4 is 10.8 Å². The van der Waals surface area contributed by atoms with Crippen molar-refractivity contribution in [3.8, 4) is 5.75 Å². The normalized spacial score (nSPS) is 10.7. The predicted molar refractivity (Wildman–Crippen MR) is 86.3 cm³/mol. The molecule has 3 aromatic carbocycles. The molecule has 2 nitrogen and oxygen atoms in total. The number of ether oxygens (including phenoxy) is 1. The molecule has 0 bridgehead atoms. The van der Waals surface area contributed by atoms with Crippen molar-refractivity contribution in [1.82, 2.24) is 0 Å². The minimum absolute atomic E-state index is 0.927. The summed E-state index contributed by atoms with van der Waals surface area (Å²) in [5, 5.41) is 4.91. The second kappa shape index (κ2) is 6.42. The molecule has 2 heteroatoms. The molecule has 21 heavy (non-hydrogen) atoms. The summed E-state index contributed by atoms with van der Waals surface area (Å²) in [7, 11) is 1.72. The number of nitrogens with two attached hydrogens (primary N) is 1. The van der Waals surface area contributed by atoms with E-state index in [-0.39, 0.29) is 0 Å². The SMILES string of the molecule is COc1ccccc1C[NH2+]Cc1ccc2ccccc2c1. The van der Waals surface area contributed by atoms with Crippen molar-refractivity contribution in [2.75, 3.05) is 7.11 Å². The summed E-state index contributed by atoms with van der Waals surface area (Å²) < 4.78 is 5.39. The molecule has 106 valence electrons. The Hall–Kier alpha value is -2.32. The van der Waals surface area contributed by atoms with Crippen LogP contribution in [0.3, 0.4) is 0 Å². The zero-order valence-electron chi connectivity index (χ0n) is 12.3. The summed E-state index contributed by atoms with van der Waals surface area (Å²) in [6, 6.07) is 23.4. The standard InChI is InChI=1S/C19H19NO/c1-21-19-9-5-4-8-18(19)14-20-13-15-10-11-16-6-2-3-7-17(16)12-15/h2-12,20H,13-14H2,1H3/p+1. The molecule has 0 amide bonds. The van der Waals surface area contributed by atoms with Gasteiger partial charge in [-0.1, -0.05) is 48.5 Å². The average Bonchev–Trinajstić information content (AvgIpc) is 2.55. The molecule has 0 aliphatic rings. The van der Waals surface area contributed by atoms with E-state index >= 15 is 0 Å². The summed E-state index contributed by atoms with van der Waals surface area (Å²) >= 11 is 0. The lowest BCUT2D eigenvalue weighted by atomic mass is 10.1. The Bertz CT molecular complexity index is 736. The van der Waals surface area contributed by atoms with Crippen molar-refractivity contribution in [1.29, 1.82) is 0 Å². The molecule has 0 unspecified atom stereocenters. The van der Waals surface area contributed by atoms with Gasteiger partial charge in [0, 0.05) is 11.1 Å². The molecule has 0 aromatic heterocycles. The summed E-state index contributed by atoms with van der Waals surface area (Å²) in [5.74, 6) is 0.965. The first-order valence-electron chi connectivity index (χ1n) is 7.28. The van der Waals surface area contributed by atoms with Crippen LogP contribution in [0.1, 0.15) is 11.1 Å². The van der Waals surface area contributed by atoms with E-state index in [0.29, 0.717) is 0 Å². The van der Waals surface area contributed by atoms with E-state index in [9.17, 15) is 0 Å². The number of benzene rings is 3. The molecule has 0 fully saturated rings. The fourth-order valence-corrected chi connectivity index (χ4v) is 2.63. The van der Waals surface area contributed by atoms with E-state index in [1.807, 2.05) is 12.1 Å². The molecule has 3 rings (SSSR count). The minimum Gasteiger partial charge on any atom is -0.496 e. The minimum atomic E-state index is 0.927. The first-order chi connectivity index (χ1) is 10.4. The van der Waals surface area contributed by atoms with E-state index < -0.39 is 0 Å². The van der Waals surface area contributed by atoms with Crippen molar-refractivity contribution in [2.45, 2.75) is 13.1 Å². The zero-order valence-corrected chi connectivity index (χ0v) is 12.3. The number of para-hydroxylation sites is 1. The first kappa shape index (κ1) is 13.7. The van der Waals surface area contributed by atoms with Gasteiger partial charge in [0.15, 0.2) is 0 Å². The second-order valence-corrected chi connectivity index (χ2v) is 5.19. The number of quaternary nitrogens is 1. The topological polar surface area (TPSA) is 25.8 Å². The molecule has 0 saturated heterocycles. The maximum Gasteiger partial charge on any atom is 0.127 e. The number of fused-ring (bicyclic) bond motifs is 1. The van der Waals surface area contributed by atoms with Crippen molar-refractivity contribution < 1.29 is 10.1 Å². The van der Waals surface area contributed by atoms with Crippen molar-refractivity contribution in [3.05, 3.63) is 77.9 Å². The van der Waals surface area contributed by atoms with E-state index in [2.05, 4.69) is 59.9 Å². The molecule has 3 aromatic rings. The van der Waals surface area contributed by atoms with Gasteiger partial charge in [-0.2, -0.15) is 0 Å². The number of rotatable bonds is 5. The summed E-state index contributed by atoms with van der Waals surface area (Å²) in [6.45, 7) is 1.90. The van der Waals surface area contributed by atoms with Gasteiger partial charge in [0.1, 0.15) is 18.8 Å². The largest absolute Gasteiger partial charge is 0.496 e. The number of methoxy groups -OCH3 is 1. The van der Waals surface area contributed by atoms with Gasteiger partial charge in [0.2, 0.25) is 0 Å². The van der Waals surface area contributed by atoms with Crippen LogP contribution >= 0.6 is 0 Å². The molecule has 0 saturated carbocycles. The molecule has 2 N–H and O–H groups in total. The lowest BCUT2D eigenvalue weighted by Crippen LogP contribution is -2.80. The Labute approximate surface area is 125 Å². The molecule has 0 heterocycles. The lowest BCUT2D eigenvalue weighted by Gasteiger charge is -2.07. The van der Waals surface area contributed by atoms with Crippen LogP contribution in [0.2, 0.25) is 0 Å². The molecule has 0 aliphatic heterocycles. The maximum absolute atomic E-state index is 5.39. The van der Waals surface area contributed by atoms with E-state index in [0.717, 1.165) is 18.8 Å². The van der Waals surface area contributed by atoms with Crippen molar-refractivity contribution in [2.24, 2.45) is 0 Å². The first-order valence-corrected chi connectivity index (χ1v) is 7.28. The Kier molecular flexibility index (Phi) is 4.17. The van der Waals surface area contributed by atoms with E-state index in [1.54, 1.807) is 7.11 Å². The highest BCUT2D eigenvalue weighted by Gasteiger charge is 2.04. The van der Waals surface area contributed by atoms with Gasteiger partial charge in [-0.05, 0) is 29.0 Å². The summed E-state index contributed by atoms with van der Waals surface area (Å²) in [6.07, 6.45) is 0. The smallest absolute Gasteiger partial charge is 0.127 e. The summed E-state index contributed by atoms with van der Waals surface area (Å²) in [5.41, 5.74) is 2.59. The second-order valence-electron chi connectivity index (χ2n) is 5.19. The molecule has 0 spiro atoms. The highest BCUT2D eigenvalue weighted by Crippen LogP contribution is 2.16. The Morgan fingerprint density at radius 1 is 0.810 bits per heavy atom. The van der Waals surface area contributed by atoms with Gasteiger partial charge in [-0.25, -0.2) is 0 Å². The maximum atomic E-state index is 5.39. The van der Waals surface area contributed by atoms with Gasteiger partial charge in [0.05, 0.1) is 7.11 Å². The van der Waals surface area contributed by atoms with Crippen LogP contribution < -0.4 is 10.1 Å². The quantitative estimate of drug-likeness (QED) is 0.762. The average molecular weight is 278 g/mol. The highest BCUT2D eigenvalue weighted by atomic mass is 16.5. The van der Waals surface area contributed by atoms with Gasteiger partial charge in [-0.15, -0.1) is 0 Å². The van der Waals surface area contributed by atoms with Crippen LogP contribution in [0, 0.1) is 0 Å². The molecular formula is C19H20NO+. The van der Waals surface area contributed by atoms with Gasteiger partial charge in [0.25, 0.3) is 0 Å². The Morgan fingerprint density at radius 2 is 1.57 bits per heavy atom. The third-order valence-electron chi connectivity index (χ3n) is 3.75.